The van der Waals surface area contributed by atoms with Crippen LogP contribution in [0.2, 0.25) is 0 Å². The lowest BCUT2D eigenvalue weighted by Gasteiger charge is -2.18. The van der Waals surface area contributed by atoms with Crippen molar-refractivity contribution in [1.82, 2.24) is 4.98 Å². The summed E-state index contributed by atoms with van der Waals surface area (Å²) in [5, 5.41) is 3.17. The molecule has 0 amide bonds. The number of nitrogens with zero attached hydrogens (tertiary/aromatic N) is 1. The Balaban J connectivity index is 2.14. The summed E-state index contributed by atoms with van der Waals surface area (Å²) in [5.74, 6) is 0.425. The molecule has 21 heavy (non-hydrogen) atoms. The van der Waals surface area contributed by atoms with E-state index in [4.69, 9.17) is 4.74 Å². The van der Waals surface area contributed by atoms with Crippen LogP contribution in [-0.4, -0.2) is 23.6 Å². The lowest BCUT2D eigenvalue weighted by atomic mass is 10.1. The molecule has 0 aliphatic rings. The quantitative estimate of drug-likeness (QED) is 0.829. The number of rotatable bonds is 6. The van der Waals surface area contributed by atoms with Gasteiger partial charge in [0.1, 0.15) is 11.9 Å². The maximum Gasteiger partial charge on any atom is 0.328 e. The van der Waals surface area contributed by atoms with E-state index in [-0.39, 0.29) is 5.97 Å². The van der Waals surface area contributed by atoms with E-state index in [2.05, 4.69) is 10.3 Å². The topological polar surface area (TPSA) is 51.2 Å². The van der Waals surface area contributed by atoms with Gasteiger partial charge in [-0.3, -0.25) is 0 Å². The van der Waals surface area contributed by atoms with Gasteiger partial charge in [-0.1, -0.05) is 36.4 Å². The molecule has 0 bridgehead atoms. The second kappa shape index (κ2) is 7.43. The predicted octanol–water partition coefficient (Wildman–Crippen LogP) is 2.98. The molecule has 0 fully saturated rings. The predicted molar refractivity (Wildman–Crippen MR) is 83.2 cm³/mol. The van der Waals surface area contributed by atoms with E-state index in [1.807, 2.05) is 62.4 Å². The summed E-state index contributed by atoms with van der Waals surface area (Å²) in [6, 6.07) is 15.1. The average Bonchev–Trinajstić information content (AvgIpc) is 2.48. The number of carbonyl (C=O) groups excluding carboxylic acids is 1. The van der Waals surface area contributed by atoms with Crippen LogP contribution in [0.4, 0.5) is 5.82 Å². The molecule has 0 radical (unpaired) electrons. The highest BCUT2D eigenvalue weighted by Crippen LogP contribution is 2.11. The first-order chi connectivity index (χ1) is 10.2. The number of pyridine rings is 1. The van der Waals surface area contributed by atoms with E-state index < -0.39 is 6.04 Å². The van der Waals surface area contributed by atoms with Crippen molar-refractivity contribution >= 4 is 11.8 Å². The first kappa shape index (κ1) is 15.0. The van der Waals surface area contributed by atoms with Gasteiger partial charge in [-0.15, -0.1) is 0 Å². The average molecular weight is 284 g/mol. The monoisotopic (exact) mass is 284 g/mol. The van der Waals surface area contributed by atoms with Gasteiger partial charge in [0.05, 0.1) is 6.61 Å². The summed E-state index contributed by atoms with van der Waals surface area (Å²) >= 11 is 0. The van der Waals surface area contributed by atoms with E-state index in [1.165, 1.54) is 0 Å². The van der Waals surface area contributed by atoms with Gasteiger partial charge in [-0.05, 0) is 31.5 Å². The Labute approximate surface area is 125 Å². The third-order valence-electron chi connectivity index (χ3n) is 3.06. The number of benzene rings is 1. The molecule has 0 unspecified atom stereocenters. The Morgan fingerprint density at radius 2 is 1.95 bits per heavy atom. The fourth-order valence-corrected chi connectivity index (χ4v) is 2.09. The van der Waals surface area contributed by atoms with Crippen LogP contribution in [0.3, 0.4) is 0 Å². The van der Waals surface area contributed by atoms with Gasteiger partial charge >= 0.3 is 5.97 Å². The minimum atomic E-state index is -0.443. The zero-order valence-corrected chi connectivity index (χ0v) is 12.4. The number of esters is 1. The van der Waals surface area contributed by atoms with Crippen molar-refractivity contribution in [2.75, 3.05) is 11.9 Å². The molecule has 1 aromatic heterocycles. The fraction of sp³-hybridized carbons (Fsp3) is 0.294. The largest absolute Gasteiger partial charge is 0.464 e. The molecule has 1 atom stereocenters. The van der Waals surface area contributed by atoms with Crippen molar-refractivity contribution in [3.63, 3.8) is 0 Å². The smallest absolute Gasteiger partial charge is 0.328 e. The molecule has 1 aromatic carbocycles. The second-order valence-electron chi connectivity index (χ2n) is 4.80. The number of aryl methyl sites for hydroxylation is 1. The van der Waals surface area contributed by atoms with Crippen LogP contribution in [0.15, 0.2) is 48.5 Å². The highest BCUT2D eigenvalue weighted by Gasteiger charge is 2.20. The van der Waals surface area contributed by atoms with E-state index >= 15 is 0 Å². The van der Waals surface area contributed by atoms with Crippen molar-refractivity contribution in [1.29, 1.82) is 0 Å². The van der Waals surface area contributed by atoms with E-state index in [0.29, 0.717) is 18.8 Å². The van der Waals surface area contributed by atoms with Crippen LogP contribution < -0.4 is 5.32 Å². The van der Waals surface area contributed by atoms with Gasteiger partial charge in [0.15, 0.2) is 0 Å². The molecule has 0 aliphatic carbocycles. The molecular formula is C17H20N2O2. The Bertz CT molecular complexity index is 584. The molecule has 1 heterocycles. The van der Waals surface area contributed by atoms with Gasteiger partial charge in [-0.25, -0.2) is 9.78 Å². The fourth-order valence-electron chi connectivity index (χ4n) is 2.09. The van der Waals surface area contributed by atoms with E-state index in [1.54, 1.807) is 0 Å². The Morgan fingerprint density at radius 1 is 1.19 bits per heavy atom. The third kappa shape index (κ3) is 4.60. The molecular weight excluding hydrogens is 264 g/mol. The minimum absolute atomic E-state index is 0.260. The number of aromatic nitrogens is 1. The number of ether oxygens (including phenoxy) is 1. The van der Waals surface area contributed by atoms with Crippen molar-refractivity contribution in [2.24, 2.45) is 0 Å². The summed E-state index contributed by atoms with van der Waals surface area (Å²) < 4.78 is 5.15. The lowest BCUT2D eigenvalue weighted by molar-refractivity contribution is -0.144. The van der Waals surface area contributed by atoms with Gasteiger partial charge in [0.25, 0.3) is 0 Å². The van der Waals surface area contributed by atoms with Crippen molar-refractivity contribution in [2.45, 2.75) is 26.3 Å². The molecule has 2 aromatic rings. The molecule has 2 rings (SSSR count). The summed E-state index contributed by atoms with van der Waals surface area (Å²) in [5.41, 5.74) is 1.98. The zero-order valence-electron chi connectivity index (χ0n) is 12.4. The molecule has 4 nitrogen and oxygen atoms in total. The highest BCUT2D eigenvalue weighted by atomic mass is 16.5. The lowest BCUT2D eigenvalue weighted by Crippen LogP contribution is -2.33. The molecule has 1 N–H and O–H groups in total. The summed E-state index contributed by atoms with van der Waals surface area (Å²) in [7, 11) is 0. The maximum atomic E-state index is 12.1. The number of carbonyl (C=O) groups is 1. The van der Waals surface area contributed by atoms with E-state index in [0.717, 1.165) is 11.3 Å². The van der Waals surface area contributed by atoms with Crippen molar-refractivity contribution in [3.8, 4) is 0 Å². The van der Waals surface area contributed by atoms with Crippen LogP contribution in [0.1, 0.15) is 18.2 Å². The van der Waals surface area contributed by atoms with Crippen LogP contribution in [0, 0.1) is 6.92 Å². The number of hydrogen-bond donors (Lipinski definition) is 1. The van der Waals surface area contributed by atoms with Gasteiger partial charge in [0, 0.05) is 12.1 Å². The number of hydrogen-bond acceptors (Lipinski definition) is 4. The van der Waals surface area contributed by atoms with E-state index in [9.17, 15) is 4.79 Å². The third-order valence-corrected chi connectivity index (χ3v) is 3.06. The molecule has 0 saturated heterocycles. The first-order valence-corrected chi connectivity index (χ1v) is 7.10. The normalized spacial score (nSPS) is 11.7. The molecule has 0 spiro atoms. The Kier molecular flexibility index (Phi) is 5.32. The van der Waals surface area contributed by atoms with Gasteiger partial charge in [0.2, 0.25) is 0 Å². The molecule has 4 heteroatoms. The number of nitrogens with one attached hydrogen (secondary N) is 1. The van der Waals surface area contributed by atoms with Crippen LogP contribution in [0.5, 0.6) is 0 Å². The summed E-state index contributed by atoms with van der Waals surface area (Å²) in [4.78, 5) is 16.5. The SMILES string of the molecule is CCOC(=O)[C@H](Cc1ccccc1)Nc1cccc(C)n1. The summed E-state index contributed by atoms with van der Waals surface area (Å²) in [6.45, 7) is 4.09. The standard InChI is InChI=1S/C17H20N2O2/c1-3-21-17(20)15(12-14-9-5-4-6-10-14)19-16-11-7-8-13(2)18-16/h4-11,15H,3,12H2,1-2H3,(H,18,19)/t15-/m0/s1. The van der Waals surface area contributed by atoms with Gasteiger partial charge in [-0.2, -0.15) is 0 Å². The molecule has 110 valence electrons. The van der Waals surface area contributed by atoms with Crippen LogP contribution >= 0.6 is 0 Å². The Morgan fingerprint density at radius 3 is 2.62 bits per heavy atom. The number of anilines is 1. The first-order valence-electron chi connectivity index (χ1n) is 7.10. The van der Waals surface area contributed by atoms with Crippen molar-refractivity contribution < 1.29 is 9.53 Å². The second-order valence-corrected chi connectivity index (χ2v) is 4.80. The molecule has 0 saturated carbocycles. The highest BCUT2D eigenvalue weighted by molar-refractivity contribution is 5.79. The maximum absolute atomic E-state index is 12.1. The van der Waals surface area contributed by atoms with Crippen molar-refractivity contribution in [3.05, 3.63) is 59.8 Å². The minimum Gasteiger partial charge on any atom is -0.464 e. The summed E-state index contributed by atoms with van der Waals surface area (Å²) in [6.07, 6.45) is 0.565. The Hall–Kier alpha value is -2.36. The molecule has 0 aliphatic heterocycles. The van der Waals surface area contributed by atoms with Crippen LogP contribution in [-0.2, 0) is 16.0 Å². The zero-order chi connectivity index (χ0) is 15.1. The van der Waals surface area contributed by atoms with Gasteiger partial charge < -0.3 is 10.1 Å². The van der Waals surface area contributed by atoms with Crippen LogP contribution in [0.25, 0.3) is 0 Å².